The standard InChI is InChI=1S/C29H33N3O2/c1-31(24-9-11-25(12-10-24)32-17-4-18-32)26-13-14-27-21(5-3-6-22(27)19-26)7-8-23-20-30-16-15-28(23)29(33)34-2/h9-16,19-21H,3-8,17-18H2,1-2H3/t21-/m0/s1. The molecule has 2 aromatic carbocycles. The molecule has 5 heteroatoms. The van der Waals surface area contributed by atoms with Crippen LogP contribution in [0.25, 0.3) is 0 Å². The van der Waals surface area contributed by atoms with Gasteiger partial charge in [0, 0.05) is 49.6 Å². The molecule has 1 saturated heterocycles. The van der Waals surface area contributed by atoms with Crippen LogP contribution in [-0.4, -0.2) is 38.2 Å². The molecule has 3 aromatic rings. The summed E-state index contributed by atoms with van der Waals surface area (Å²) in [6.07, 6.45) is 10.1. The Morgan fingerprint density at radius 2 is 1.88 bits per heavy atom. The molecular formula is C29H33N3O2. The predicted molar refractivity (Wildman–Crippen MR) is 137 cm³/mol. The van der Waals surface area contributed by atoms with Gasteiger partial charge in [0.05, 0.1) is 12.7 Å². The van der Waals surface area contributed by atoms with Crippen molar-refractivity contribution in [2.24, 2.45) is 0 Å². The van der Waals surface area contributed by atoms with Gasteiger partial charge in [-0.05, 0) is 104 Å². The largest absolute Gasteiger partial charge is 0.465 e. The maximum absolute atomic E-state index is 12.1. The molecule has 0 bridgehead atoms. The van der Waals surface area contributed by atoms with Crippen LogP contribution >= 0.6 is 0 Å². The molecule has 0 radical (unpaired) electrons. The molecule has 0 N–H and O–H groups in total. The first-order valence-corrected chi connectivity index (χ1v) is 12.4. The van der Waals surface area contributed by atoms with E-state index in [2.05, 4.69) is 64.3 Å². The van der Waals surface area contributed by atoms with E-state index in [-0.39, 0.29) is 5.97 Å². The first-order valence-electron chi connectivity index (χ1n) is 12.4. The van der Waals surface area contributed by atoms with Gasteiger partial charge in [-0.3, -0.25) is 4.98 Å². The van der Waals surface area contributed by atoms with E-state index in [4.69, 9.17) is 4.74 Å². The number of carbonyl (C=O) groups excluding carboxylic acids is 1. The Kier molecular flexibility index (Phi) is 6.52. The van der Waals surface area contributed by atoms with E-state index in [1.807, 2.05) is 0 Å². The summed E-state index contributed by atoms with van der Waals surface area (Å²) in [5.41, 5.74) is 8.28. The van der Waals surface area contributed by atoms with E-state index in [1.54, 1.807) is 18.5 Å². The summed E-state index contributed by atoms with van der Waals surface area (Å²) >= 11 is 0. The van der Waals surface area contributed by atoms with Gasteiger partial charge in [-0.2, -0.15) is 0 Å². The van der Waals surface area contributed by atoms with E-state index in [1.165, 1.54) is 67.7 Å². The molecule has 1 atom stereocenters. The van der Waals surface area contributed by atoms with E-state index in [0.29, 0.717) is 11.5 Å². The van der Waals surface area contributed by atoms with Crippen LogP contribution in [0.4, 0.5) is 17.1 Å². The first-order chi connectivity index (χ1) is 16.6. The van der Waals surface area contributed by atoms with Crippen molar-refractivity contribution in [3.05, 3.63) is 83.2 Å². The monoisotopic (exact) mass is 455 g/mol. The van der Waals surface area contributed by atoms with Gasteiger partial charge < -0.3 is 14.5 Å². The minimum absolute atomic E-state index is 0.285. The number of aryl methyl sites for hydroxylation is 2. The Bertz CT molecular complexity index is 1150. The summed E-state index contributed by atoms with van der Waals surface area (Å²) in [7, 11) is 3.58. The summed E-state index contributed by atoms with van der Waals surface area (Å²) in [6, 6.07) is 17.6. The van der Waals surface area contributed by atoms with Crippen LogP contribution in [0.1, 0.15) is 58.6 Å². The number of pyridine rings is 1. The molecule has 1 aliphatic heterocycles. The fourth-order valence-corrected chi connectivity index (χ4v) is 5.29. The summed E-state index contributed by atoms with van der Waals surface area (Å²) in [6.45, 7) is 2.35. The van der Waals surface area contributed by atoms with Gasteiger partial charge in [-0.1, -0.05) is 6.07 Å². The number of methoxy groups -OCH3 is 1. The second-order valence-electron chi connectivity index (χ2n) is 9.45. The average molecular weight is 456 g/mol. The van der Waals surface area contributed by atoms with Gasteiger partial charge in [0.1, 0.15) is 0 Å². The van der Waals surface area contributed by atoms with Crippen molar-refractivity contribution in [2.75, 3.05) is 37.0 Å². The van der Waals surface area contributed by atoms with Crippen molar-refractivity contribution in [3.63, 3.8) is 0 Å². The van der Waals surface area contributed by atoms with Crippen molar-refractivity contribution < 1.29 is 9.53 Å². The van der Waals surface area contributed by atoms with Crippen molar-refractivity contribution in [1.29, 1.82) is 0 Å². The van der Waals surface area contributed by atoms with Gasteiger partial charge >= 0.3 is 5.97 Å². The number of nitrogens with zero attached hydrogens (tertiary/aromatic N) is 3. The number of fused-ring (bicyclic) bond motifs is 1. The molecule has 176 valence electrons. The van der Waals surface area contributed by atoms with E-state index in [0.717, 1.165) is 24.8 Å². The highest BCUT2D eigenvalue weighted by Gasteiger charge is 2.22. The van der Waals surface area contributed by atoms with Crippen LogP contribution in [0.15, 0.2) is 60.9 Å². The molecule has 2 aliphatic rings. The highest BCUT2D eigenvalue weighted by Crippen LogP contribution is 2.38. The molecule has 0 amide bonds. The van der Waals surface area contributed by atoms with E-state index in [9.17, 15) is 4.79 Å². The maximum Gasteiger partial charge on any atom is 0.338 e. The number of rotatable bonds is 7. The predicted octanol–water partition coefficient (Wildman–Crippen LogP) is 5.90. The first kappa shape index (κ1) is 22.5. The number of anilines is 3. The van der Waals surface area contributed by atoms with Gasteiger partial charge in [-0.15, -0.1) is 0 Å². The number of hydrogen-bond donors (Lipinski definition) is 0. The summed E-state index contributed by atoms with van der Waals surface area (Å²) in [5.74, 6) is 0.219. The molecule has 34 heavy (non-hydrogen) atoms. The second kappa shape index (κ2) is 9.88. The van der Waals surface area contributed by atoms with Gasteiger partial charge in [0.25, 0.3) is 0 Å². The normalized spacial score (nSPS) is 17.0. The second-order valence-corrected chi connectivity index (χ2v) is 9.45. The molecule has 5 nitrogen and oxygen atoms in total. The SMILES string of the molecule is COC(=O)c1ccncc1CC[C@@H]1CCCc2cc(N(C)c3ccc(N4CCC4)cc3)ccc21. The Hall–Kier alpha value is -3.34. The molecule has 1 aromatic heterocycles. The quantitative estimate of drug-likeness (QED) is 0.415. The fraction of sp³-hybridized carbons (Fsp3) is 0.379. The lowest BCUT2D eigenvalue weighted by Gasteiger charge is -2.33. The van der Waals surface area contributed by atoms with Crippen molar-refractivity contribution in [3.8, 4) is 0 Å². The van der Waals surface area contributed by atoms with E-state index >= 15 is 0 Å². The molecule has 5 rings (SSSR count). The lowest BCUT2D eigenvalue weighted by Crippen LogP contribution is -2.36. The third-order valence-electron chi connectivity index (χ3n) is 7.48. The fourth-order valence-electron chi connectivity index (χ4n) is 5.29. The minimum atomic E-state index is -0.285. The Labute approximate surface area is 202 Å². The van der Waals surface area contributed by atoms with Crippen molar-refractivity contribution >= 4 is 23.0 Å². The number of carbonyl (C=O) groups is 1. The lowest BCUT2D eigenvalue weighted by atomic mass is 9.79. The Morgan fingerprint density at radius 3 is 2.62 bits per heavy atom. The van der Waals surface area contributed by atoms with Gasteiger partial charge in [0.2, 0.25) is 0 Å². The Morgan fingerprint density at radius 1 is 1.09 bits per heavy atom. The summed E-state index contributed by atoms with van der Waals surface area (Å²) in [4.78, 5) is 21.1. The van der Waals surface area contributed by atoms with Crippen molar-refractivity contribution in [1.82, 2.24) is 4.98 Å². The summed E-state index contributed by atoms with van der Waals surface area (Å²) < 4.78 is 4.95. The van der Waals surface area contributed by atoms with E-state index < -0.39 is 0 Å². The van der Waals surface area contributed by atoms with Crippen LogP contribution in [-0.2, 0) is 17.6 Å². The molecule has 0 unspecified atom stereocenters. The van der Waals surface area contributed by atoms with Crippen molar-refractivity contribution in [2.45, 2.75) is 44.4 Å². The van der Waals surface area contributed by atoms with Gasteiger partial charge in [-0.25, -0.2) is 4.79 Å². The topological polar surface area (TPSA) is 45.7 Å². The average Bonchev–Trinajstić information content (AvgIpc) is 2.85. The molecule has 0 saturated carbocycles. The van der Waals surface area contributed by atoms with Crippen LogP contribution in [0.2, 0.25) is 0 Å². The highest BCUT2D eigenvalue weighted by molar-refractivity contribution is 5.90. The molecule has 1 aliphatic carbocycles. The van der Waals surface area contributed by atoms with Crippen LogP contribution < -0.4 is 9.80 Å². The molecule has 1 fully saturated rings. The molecular weight excluding hydrogens is 422 g/mol. The third-order valence-corrected chi connectivity index (χ3v) is 7.48. The number of hydrogen-bond acceptors (Lipinski definition) is 5. The molecule has 0 spiro atoms. The zero-order valence-electron chi connectivity index (χ0n) is 20.2. The number of aromatic nitrogens is 1. The van der Waals surface area contributed by atoms with Crippen LogP contribution in [0.5, 0.6) is 0 Å². The van der Waals surface area contributed by atoms with Crippen LogP contribution in [0, 0.1) is 0 Å². The number of esters is 1. The number of ether oxygens (including phenoxy) is 1. The third kappa shape index (κ3) is 4.52. The van der Waals surface area contributed by atoms with Crippen LogP contribution in [0.3, 0.4) is 0 Å². The lowest BCUT2D eigenvalue weighted by molar-refractivity contribution is 0.0599. The zero-order chi connectivity index (χ0) is 23.5. The maximum atomic E-state index is 12.1. The highest BCUT2D eigenvalue weighted by atomic mass is 16.5. The smallest absolute Gasteiger partial charge is 0.338 e. The zero-order valence-corrected chi connectivity index (χ0v) is 20.2. The number of benzene rings is 2. The minimum Gasteiger partial charge on any atom is -0.465 e. The molecule has 2 heterocycles. The Balaban J connectivity index is 1.30. The van der Waals surface area contributed by atoms with Gasteiger partial charge in [0.15, 0.2) is 0 Å². The summed E-state index contributed by atoms with van der Waals surface area (Å²) in [5, 5.41) is 0.